The van der Waals surface area contributed by atoms with Crippen LogP contribution < -0.4 is 10.2 Å². The van der Waals surface area contributed by atoms with E-state index in [1.165, 1.54) is 6.07 Å². The second kappa shape index (κ2) is 9.68. The molecule has 0 aliphatic carbocycles. The summed E-state index contributed by atoms with van der Waals surface area (Å²) in [6.07, 6.45) is 9.13. The van der Waals surface area contributed by atoms with Crippen molar-refractivity contribution in [1.82, 2.24) is 29.7 Å². The van der Waals surface area contributed by atoms with E-state index in [-0.39, 0.29) is 35.6 Å². The topological polar surface area (TPSA) is 130 Å². The molecule has 1 atom stereocenters. The first-order valence-corrected chi connectivity index (χ1v) is 13.0. The molecule has 1 unspecified atom stereocenters. The number of benzene rings is 1. The van der Waals surface area contributed by atoms with Gasteiger partial charge in [0.25, 0.3) is 11.8 Å². The number of hydrogen-bond acceptors (Lipinski definition) is 8. The van der Waals surface area contributed by atoms with Gasteiger partial charge in [-0.1, -0.05) is 6.92 Å². The van der Waals surface area contributed by atoms with E-state index < -0.39 is 35.5 Å². The van der Waals surface area contributed by atoms with E-state index in [9.17, 15) is 19.2 Å². The highest BCUT2D eigenvalue weighted by Gasteiger charge is 2.45. The maximum Gasteiger partial charge on any atom is 0.262 e. The second-order valence-corrected chi connectivity index (χ2v) is 9.89. The molecular formula is C27H26FN7O4. The summed E-state index contributed by atoms with van der Waals surface area (Å²) in [6.45, 7) is 3.06. The number of imide groups is 2. The number of rotatable bonds is 5. The van der Waals surface area contributed by atoms with E-state index in [1.54, 1.807) is 18.6 Å². The van der Waals surface area contributed by atoms with Gasteiger partial charge in [-0.15, -0.1) is 0 Å². The molecule has 39 heavy (non-hydrogen) atoms. The van der Waals surface area contributed by atoms with Gasteiger partial charge in [-0.05, 0) is 31.4 Å². The largest absolute Gasteiger partial charge is 0.369 e. The molecule has 1 N–H and O–H groups in total. The Labute approximate surface area is 223 Å². The van der Waals surface area contributed by atoms with Crippen molar-refractivity contribution >= 4 is 29.3 Å². The highest BCUT2D eigenvalue weighted by Crippen LogP contribution is 2.36. The van der Waals surface area contributed by atoms with Gasteiger partial charge in [-0.25, -0.2) is 14.4 Å². The molecule has 1 aromatic carbocycles. The molecule has 12 heteroatoms. The number of anilines is 1. The van der Waals surface area contributed by atoms with E-state index in [1.807, 2.05) is 22.6 Å². The molecule has 2 saturated heterocycles. The number of amides is 4. The van der Waals surface area contributed by atoms with Gasteiger partial charge in [0.2, 0.25) is 11.8 Å². The Morgan fingerprint density at radius 1 is 0.949 bits per heavy atom. The lowest BCUT2D eigenvalue weighted by atomic mass is 9.92. The number of piperidine rings is 2. The van der Waals surface area contributed by atoms with Gasteiger partial charge in [0.1, 0.15) is 17.7 Å². The lowest BCUT2D eigenvalue weighted by Gasteiger charge is -2.34. The summed E-state index contributed by atoms with van der Waals surface area (Å²) < 4.78 is 17.3. The first-order chi connectivity index (χ1) is 18.9. The fourth-order valence-corrected chi connectivity index (χ4v) is 5.72. The Morgan fingerprint density at radius 3 is 2.38 bits per heavy atom. The van der Waals surface area contributed by atoms with Crippen LogP contribution in [0.15, 0.2) is 36.9 Å². The highest BCUT2D eigenvalue weighted by molar-refractivity contribution is 6.23. The minimum Gasteiger partial charge on any atom is -0.369 e. The minimum atomic E-state index is -1.10. The third-order valence-corrected chi connectivity index (χ3v) is 7.70. The molecule has 0 radical (unpaired) electrons. The van der Waals surface area contributed by atoms with Crippen molar-refractivity contribution in [2.45, 2.75) is 51.0 Å². The Hall–Kier alpha value is -4.48. The molecular weight excluding hydrogens is 505 g/mol. The number of imidazole rings is 1. The number of fused-ring (bicyclic) bond motifs is 1. The standard InChI is InChI=1S/C27H26FN7O4/c1-2-21-29-9-12-34(21)24-23(30-7-8-31-24)15-5-10-33(11-6-15)20-14-17-16(13-18(20)28)26(38)35(27(17)39)19-3-4-22(36)32-25(19)37/h7-9,12-15,19H,2-6,10-11H2,1H3,(H,32,36,37). The van der Waals surface area contributed by atoms with Gasteiger partial charge in [0.15, 0.2) is 5.82 Å². The third kappa shape index (κ3) is 4.16. The van der Waals surface area contributed by atoms with E-state index in [4.69, 9.17) is 0 Å². The number of hydrogen-bond donors (Lipinski definition) is 1. The van der Waals surface area contributed by atoms with Gasteiger partial charge < -0.3 is 4.90 Å². The maximum atomic E-state index is 15.3. The molecule has 4 amide bonds. The molecule has 5 heterocycles. The van der Waals surface area contributed by atoms with Gasteiger partial charge in [0, 0.05) is 56.6 Å². The van der Waals surface area contributed by atoms with Crippen LogP contribution in [0.25, 0.3) is 5.82 Å². The van der Waals surface area contributed by atoms with Gasteiger partial charge in [0.05, 0.1) is 22.5 Å². The summed E-state index contributed by atoms with van der Waals surface area (Å²) in [5, 5.41) is 2.16. The van der Waals surface area contributed by atoms with Gasteiger partial charge in [-0.3, -0.25) is 38.9 Å². The van der Waals surface area contributed by atoms with E-state index in [0.29, 0.717) is 25.9 Å². The van der Waals surface area contributed by atoms with Crippen LogP contribution in [0.2, 0.25) is 0 Å². The van der Waals surface area contributed by atoms with Crippen LogP contribution in [0.1, 0.15) is 70.8 Å². The summed E-state index contributed by atoms with van der Waals surface area (Å²) in [4.78, 5) is 66.3. The molecule has 0 bridgehead atoms. The fraction of sp³-hybridized carbons (Fsp3) is 0.370. The quantitative estimate of drug-likeness (QED) is 0.496. The van der Waals surface area contributed by atoms with Crippen molar-refractivity contribution in [1.29, 1.82) is 0 Å². The Morgan fingerprint density at radius 2 is 1.67 bits per heavy atom. The number of aryl methyl sites for hydroxylation is 1. The van der Waals surface area contributed by atoms with Crippen molar-refractivity contribution in [3.05, 3.63) is 65.4 Å². The Bertz CT molecular complexity index is 1510. The minimum absolute atomic E-state index is 0.0203. The van der Waals surface area contributed by atoms with Crippen LogP contribution in [-0.4, -0.2) is 67.2 Å². The van der Waals surface area contributed by atoms with Crippen LogP contribution in [0.5, 0.6) is 0 Å². The molecule has 3 aliphatic heterocycles. The molecule has 200 valence electrons. The Kier molecular flexibility index (Phi) is 6.16. The van der Waals surface area contributed by atoms with Crippen LogP contribution >= 0.6 is 0 Å². The van der Waals surface area contributed by atoms with Crippen LogP contribution in [-0.2, 0) is 16.0 Å². The van der Waals surface area contributed by atoms with Crippen molar-refractivity contribution in [2.75, 3.05) is 18.0 Å². The molecule has 11 nitrogen and oxygen atoms in total. The zero-order valence-corrected chi connectivity index (χ0v) is 21.3. The van der Waals surface area contributed by atoms with Gasteiger partial charge in [-0.2, -0.15) is 0 Å². The van der Waals surface area contributed by atoms with Crippen molar-refractivity contribution < 1.29 is 23.6 Å². The number of nitrogens with one attached hydrogen (secondary N) is 1. The zero-order valence-electron chi connectivity index (χ0n) is 21.3. The fourth-order valence-electron chi connectivity index (χ4n) is 5.72. The average Bonchev–Trinajstić information content (AvgIpc) is 3.51. The second-order valence-electron chi connectivity index (χ2n) is 9.89. The number of carbonyl (C=O) groups excluding carboxylic acids is 4. The average molecular weight is 532 g/mol. The highest BCUT2D eigenvalue weighted by atomic mass is 19.1. The van der Waals surface area contributed by atoms with E-state index in [0.717, 1.165) is 34.7 Å². The summed E-state index contributed by atoms with van der Waals surface area (Å²) in [7, 11) is 0. The lowest BCUT2D eigenvalue weighted by molar-refractivity contribution is -0.136. The third-order valence-electron chi connectivity index (χ3n) is 7.70. The first kappa shape index (κ1) is 24.8. The van der Waals surface area contributed by atoms with Gasteiger partial charge >= 0.3 is 0 Å². The van der Waals surface area contributed by atoms with Crippen LogP contribution in [0.4, 0.5) is 10.1 Å². The lowest BCUT2D eigenvalue weighted by Crippen LogP contribution is -2.54. The smallest absolute Gasteiger partial charge is 0.262 e. The molecule has 0 saturated carbocycles. The predicted molar refractivity (Wildman–Crippen MR) is 136 cm³/mol. The van der Waals surface area contributed by atoms with Crippen LogP contribution in [0.3, 0.4) is 0 Å². The normalized spacial score (nSPS) is 20.0. The Balaban J connectivity index is 1.22. The summed E-state index contributed by atoms with van der Waals surface area (Å²) in [6, 6.07) is 1.39. The molecule has 6 rings (SSSR count). The molecule has 2 aromatic heterocycles. The van der Waals surface area contributed by atoms with Crippen molar-refractivity contribution in [2.24, 2.45) is 0 Å². The number of halogens is 1. The number of aromatic nitrogens is 4. The molecule has 3 aliphatic rings. The predicted octanol–water partition coefficient (Wildman–Crippen LogP) is 2.15. The van der Waals surface area contributed by atoms with Crippen LogP contribution in [0, 0.1) is 5.82 Å². The zero-order chi connectivity index (χ0) is 27.3. The number of nitrogens with zero attached hydrogens (tertiary/aromatic N) is 6. The monoisotopic (exact) mass is 531 g/mol. The maximum absolute atomic E-state index is 15.3. The summed E-state index contributed by atoms with van der Waals surface area (Å²) >= 11 is 0. The summed E-state index contributed by atoms with van der Waals surface area (Å²) in [5.74, 6) is -1.41. The first-order valence-electron chi connectivity index (χ1n) is 13.0. The SMILES string of the molecule is CCc1nccn1-c1nccnc1C1CCN(c2cc3c(cc2F)C(=O)N(C2CCC(=O)NC2=O)C3=O)CC1. The molecule has 2 fully saturated rings. The summed E-state index contributed by atoms with van der Waals surface area (Å²) in [5.41, 5.74) is 1.09. The van der Waals surface area contributed by atoms with E-state index >= 15 is 4.39 Å². The van der Waals surface area contributed by atoms with Crippen molar-refractivity contribution in [3.63, 3.8) is 0 Å². The molecule has 0 spiro atoms. The molecule has 3 aromatic rings. The van der Waals surface area contributed by atoms with Crippen molar-refractivity contribution in [3.8, 4) is 5.82 Å². The van der Waals surface area contributed by atoms with E-state index in [2.05, 4.69) is 20.3 Å². The number of carbonyl (C=O) groups is 4.